The van der Waals surface area contributed by atoms with E-state index in [1.807, 2.05) is 0 Å². The van der Waals surface area contributed by atoms with E-state index in [1.54, 1.807) is 6.92 Å². The fourth-order valence-electron chi connectivity index (χ4n) is 1.92. The lowest BCUT2D eigenvalue weighted by atomic mass is 10.2. The molecule has 0 saturated carbocycles. The van der Waals surface area contributed by atoms with Crippen LogP contribution in [-0.4, -0.2) is 30.3 Å². The predicted molar refractivity (Wildman–Crippen MR) is 66.9 cm³/mol. The predicted octanol–water partition coefficient (Wildman–Crippen LogP) is 1.31. The molecule has 0 radical (unpaired) electrons. The van der Waals surface area contributed by atoms with Gasteiger partial charge in [-0.1, -0.05) is 0 Å². The van der Waals surface area contributed by atoms with Crippen molar-refractivity contribution < 1.29 is 8.42 Å². The molecule has 1 aliphatic heterocycles. The van der Waals surface area contributed by atoms with Gasteiger partial charge in [0.05, 0.1) is 16.7 Å². The summed E-state index contributed by atoms with van der Waals surface area (Å²) in [5.41, 5.74) is 1.21. The van der Waals surface area contributed by atoms with Crippen molar-refractivity contribution in [2.75, 3.05) is 17.6 Å². The molecule has 5 nitrogen and oxygen atoms in total. The van der Waals surface area contributed by atoms with Gasteiger partial charge in [-0.2, -0.15) is 9.64 Å². The lowest BCUT2D eigenvalue weighted by Crippen LogP contribution is -2.24. The third kappa shape index (κ3) is 2.42. The fourth-order valence-corrected chi connectivity index (χ4v) is 4.43. The van der Waals surface area contributed by atoms with Gasteiger partial charge in [0.25, 0.3) is 0 Å². The number of rotatable bonds is 3. The molecular weight excluding hydrogens is 258 g/mol. The van der Waals surface area contributed by atoms with Crippen LogP contribution in [0.3, 0.4) is 0 Å². The number of nitrogens with one attached hydrogen (secondary N) is 1. The summed E-state index contributed by atoms with van der Waals surface area (Å²) in [7, 11) is -2.93. The summed E-state index contributed by atoms with van der Waals surface area (Å²) < 4.78 is 27.3. The van der Waals surface area contributed by atoms with E-state index in [4.69, 9.17) is 5.26 Å². The minimum Gasteiger partial charge on any atom is -0.373 e. The molecule has 17 heavy (non-hydrogen) atoms. The van der Waals surface area contributed by atoms with E-state index in [9.17, 15) is 8.42 Å². The Morgan fingerprint density at radius 2 is 2.41 bits per heavy atom. The smallest absolute Gasteiger partial charge is 0.154 e. The lowest BCUT2D eigenvalue weighted by molar-refractivity contribution is 0.591. The fraction of sp³-hybridized carbons (Fsp3) is 0.600. The van der Waals surface area contributed by atoms with E-state index in [1.165, 1.54) is 11.5 Å². The highest BCUT2D eigenvalue weighted by Gasteiger charge is 2.31. The average Bonchev–Trinajstić information content (AvgIpc) is 2.78. The molecule has 7 heteroatoms. The van der Waals surface area contributed by atoms with E-state index >= 15 is 0 Å². The van der Waals surface area contributed by atoms with Crippen molar-refractivity contribution in [2.45, 2.75) is 25.0 Å². The van der Waals surface area contributed by atoms with Gasteiger partial charge in [0.1, 0.15) is 16.6 Å². The van der Waals surface area contributed by atoms with Gasteiger partial charge >= 0.3 is 0 Å². The molecule has 0 aromatic carbocycles. The Kier molecular flexibility index (Phi) is 3.35. The Balaban J connectivity index is 2.06. The van der Waals surface area contributed by atoms with Crippen LogP contribution in [0.2, 0.25) is 0 Å². The number of aromatic nitrogens is 1. The van der Waals surface area contributed by atoms with E-state index in [-0.39, 0.29) is 11.0 Å². The standard InChI is InChI=1S/C10H13N3O2S2/c1-7-9(5-11)10(16-13-7)12-6-8-3-2-4-17(8,14)15/h8,12H,2-4,6H2,1H3. The number of aryl methyl sites for hydroxylation is 1. The molecular formula is C10H13N3O2S2. The van der Waals surface area contributed by atoms with Gasteiger partial charge in [0, 0.05) is 6.54 Å². The van der Waals surface area contributed by atoms with Gasteiger partial charge in [0.15, 0.2) is 9.84 Å². The van der Waals surface area contributed by atoms with Crippen molar-refractivity contribution in [3.8, 4) is 6.07 Å². The molecule has 0 spiro atoms. The van der Waals surface area contributed by atoms with E-state index in [0.717, 1.165) is 6.42 Å². The van der Waals surface area contributed by atoms with Crippen molar-refractivity contribution >= 4 is 26.4 Å². The van der Waals surface area contributed by atoms with Crippen molar-refractivity contribution in [3.63, 3.8) is 0 Å². The third-order valence-corrected chi connectivity index (χ3v) is 6.10. The first-order valence-corrected chi connectivity index (χ1v) is 7.85. The van der Waals surface area contributed by atoms with Crippen molar-refractivity contribution in [1.82, 2.24) is 4.37 Å². The first kappa shape index (κ1) is 12.3. The van der Waals surface area contributed by atoms with Crippen LogP contribution in [0.25, 0.3) is 0 Å². The molecule has 2 rings (SSSR count). The first-order valence-electron chi connectivity index (χ1n) is 5.36. The quantitative estimate of drug-likeness (QED) is 0.896. The van der Waals surface area contributed by atoms with Gasteiger partial charge in [-0.05, 0) is 31.3 Å². The van der Waals surface area contributed by atoms with Crippen LogP contribution < -0.4 is 5.32 Å². The van der Waals surface area contributed by atoms with Crippen LogP contribution in [-0.2, 0) is 9.84 Å². The van der Waals surface area contributed by atoms with Crippen LogP contribution in [0.15, 0.2) is 0 Å². The first-order chi connectivity index (χ1) is 8.04. The van der Waals surface area contributed by atoms with Crippen LogP contribution >= 0.6 is 11.5 Å². The third-order valence-electron chi connectivity index (χ3n) is 2.93. The molecule has 2 heterocycles. The zero-order valence-electron chi connectivity index (χ0n) is 9.43. The summed E-state index contributed by atoms with van der Waals surface area (Å²) in [5, 5.41) is 12.3. The highest BCUT2D eigenvalue weighted by Crippen LogP contribution is 2.25. The molecule has 0 bridgehead atoms. The van der Waals surface area contributed by atoms with Crippen LogP contribution in [0.4, 0.5) is 5.00 Å². The Labute approximate surface area is 105 Å². The molecule has 1 aromatic heterocycles. The maximum Gasteiger partial charge on any atom is 0.154 e. The Morgan fingerprint density at radius 1 is 1.65 bits per heavy atom. The Bertz CT molecular complexity index is 557. The normalized spacial score (nSPS) is 22.2. The SMILES string of the molecule is Cc1nsc(NCC2CCCS2(=O)=O)c1C#N. The zero-order chi connectivity index (χ0) is 12.5. The maximum absolute atomic E-state index is 11.6. The summed E-state index contributed by atoms with van der Waals surface area (Å²) >= 11 is 1.21. The van der Waals surface area contributed by atoms with Gasteiger partial charge in [-0.15, -0.1) is 0 Å². The molecule has 1 unspecified atom stereocenters. The number of hydrogen-bond donors (Lipinski definition) is 1. The number of nitriles is 1. The monoisotopic (exact) mass is 271 g/mol. The number of anilines is 1. The van der Waals surface area contributed by atoms with Gasteiger partial charge in [0.2, 0.25) is 0 Å². The van der Waals surface area contributed by atoms with Crippen molar-refractivity contribution in [3.05, 3.63) is 11.3 Å². The molecule has 0 aliphatic carbocycles. The Hall–Kier alpha value is -1.13. The second-order valence-corrected chi connectivity index (χ2v) is 7.27. The van der Waals surface area contributed by atoms with Crippen molar-refractivity contribution in [2.24, 2.45) is 0 Å². The van der Waals surface area contributed by atoms with Crippen LogP contribution in [0.1, 0.15) is 24.1 Å². The summed E-state index contributed by atoms with van der Waals surface area (Å²) in [4.78, 5) is 0. The second-order valence-electron chi connectivity index (χ2n) is 4.10. The number of hydrogen-bond acceptors (Lipinski definition) is 6. The molecule has 92 valence electrons. The van der Waals surface area contributed by atoms with E-state index < -0.39 is 9.84 Å². The second kappa shape index (κ2) is 4.63. The Morgan fingerprint density at radius 3 is 3.00 bits per heavy atom. The number of sulfone groups is 1. The van der Waals surface area contributed by atoms with E-state index in [0.29, 0.717) is 29.2 Å². The minimum atomic E-state index is -2.93. The molecule has 1 fully saturated rings. The largest absolute Gasteiger partial charge is 0.373 e. The van der Waals surface area contributed by atoms with Crippen molar-refractivity contribution in [1.29, 1.82) is 5.26 Å². The lowest BCUT2D eigenvalue weighted by Gasteiger charge is -2.10. The molecule has 1 aromatic rings. The summed E-state index contributed by atoms with van der Waals surface area (Å²) in [6, 6.07) is 2.08. The van der Waals surface area contributed by atoms with Gasteiger partial charge in [-0.25, -0.2) is 8.42 Å². The van der Waals surface area contributed by atoms with Crippen LogP contribution in [0, 0.1) is 18.3 Å². The molecule has 1 aliphatic rings. The molecule has 1 atom stereocenters. The molecule has 0 amide bonds. The number of nitrogens with zero attached hydrogens (tertiary/aromatic N) is 2. The topological polar surface area (TPSA) is 82.8 Å². The zero-order valence-corrected chi connectivity index (χ0v) is 11.1. The van der Waals surface area contributed by atoms with Crippen LogP contribution in [0.5, 0.6) is 0 Å². The molecule has 1 saturated heterocycles. The molecule has 1 N–H and O–H groups in total. The summed E-state index contributed by atoms with van der Waals surface area (Å²) in [5.74, 6) is 0.284. The summed E-state index contributed by atoms with van der Waals surface area (Å²) in [6.45, 7) is 2.14. The highest BCUT2D eigenvalue weighted by molar-refractivity contribution is 7.92. The highest BCUT2D eigenvalue weighted by atomic mass is 32.2. The summed E-state index contributed by atoms with van der Waals surface area (Å²) in [6.07, 6.45) is 1.44. The average molecular weight is 271 g/mol. The minimum absolute atomic E-state index is 0.284. The maximum atomic E-state index is 11.6. The van der Waals surface area contributed by atoms with E-state index in [2.05, 4.69) is 15.8 Å². The van der Waals surface area contributed by atoms with Gasteiger partial charge < -0.3 is 5.32 Å². The van der Waals surface area contributed by atoms with Gasteiger partial charge in [-0.3, -0.25) is 0 Å².